The predicted molar refractivity (Wildman–Crippen MR) is 58.5 cm³/mol. The van der Waals surface area contributed by atoms with Gasteiger partial charge < -0.3 is 4.57 Å². The molecule has 0 radical (unpaired) electrons. The lowest BCUT2D eigenvalue weighted by Gasteiger charge is -2.27. The third kappa shape index (κ3) is 2.48. The molecule has 0 N–H and O–H groups in total. The smallest absolute Gasteiger partial charge is 0.334 e. The Morgan fingerprint density at radius 1 is 1.53 bits per heavy atom. The molecule has 0 aliphatic carbocycles. The van der Waals surface area contributed by atoms with Crippen LogP contribution in [0.15, 0.2) is 6.20 Å². The molecule has 5 heteroatoms. The second-order valence-corrected chi connectivity index (χ2v) is 4.87. The van der Waals surface area contributed by atoms with Crippen LogP contribution in [0.2, 0.25) is 0 Å². The number of imidazole rings is 1. The van der Waals surface area contributed by atoms with Gasteiger partial charge in [-0.1, -0.05) is 20.3 Å². The van der Waals surface area contributed by atoms with Crippen LogP contribution in [-0.2, 0) is 19.1 Å². The Bertz CT molecular complexity index is 395. The van der Waals surface area contributed by atoms with Crippen molar-refractivity contribution >= 4 is 0 Å². The second-order valence-electron chi connectivity index (χ2n) is 4.87. The molecule has 0 bridgehead atoms. The second kappa shape index (κ2) is 4.35. The number of hydrogen-bond acceptors (Lipinski definition) is 1. The van der Waals surface area contributed by atoms with Gasteiger partial charge in [0.05, 0.1) is 0 Å². The minimum atomic E-state index is -4.32. The molecule has 1 aromatic rings. The molecule has 0 spiro atoms. The normalized spacial score (nSPS) is 22.3. The van der Waals surface area contributed by atoms with Gasteiger partial charge in [-0.2, -0.15) is 13.2 Å². The first-order valence-electron chi connectivity index (χ1n) is 6.05. The maximum atomic E-state index is 12.5. The zero-order valence-corrected chi connectivity index (χ0v) is 10.1. The standard InChI is InChI=1S/C12H17F3N2/c1-3-8(2)9-4-5-17-7-10(12(13,14)15)16-11(17)6-9/h7-9H,3-6H2,1-2H3. The molecule has 2 rings (SSSR count). The number of rotatable bonds is 2. The van der Waals surface area contributed by atoms with E-state index in [1.54, 1.807) is 4.57 Å². The number of aromatic nitrogens is 2. The molecule has 1 aromatic heterocycles. The molecule has 2 nitrogen and oxygen atoms in total. The van der Waals surface area contributed by atoms with Gasteiger partial charge in [0.15, 0.2) is 5.69 Å². The number of hydrogen-bond donors (Lipinski definition) is 0. The summed E-state index contributed by atoms with van der Waals surface area (Å²) < 4.78 is 39.2. The summed E-state index contributed by atoms with van der Waals surface area (Å²) >= 11 is 0. The van der Waals surface area contributed by atoms with E-state index in [2.05, 4.69) is 18.8 Å². The number of aryl methyl sites for hydroxylation is 1. The van der Waals surface area contributed by atoms with E-state index in [9.17, 15) is 13.2 Å². The molecule has 96 valence electrons. The highest BCUT2D eigenvalue weighted by molar-refractivity contribution is 5.10. The summed E-state index contributed by atoms with van der Waals surface area (Å²) in [7, 11) is 0. The quantitative estimate of drug-likeness (QED) is 0.780. The fourth-order valence-corrected chi connectivity index (χ4v) is 2.41. The van der Waals surface area contributed by atoms with Gasteiger partial charge in [-0.15, -0.1) is 0 Å². The van der Waals surface area contributed by atoms with Gasteiger partial charge in [-0.3, -0.25) is 0 Å². The van der Waals surface area contributed by atoms with Crippen molar-refractivity contribution in [3.8, 4) is 0 Å². The highest BCUT2D eigenvalue weighted by Crippen LogP contribution is 2.32. The van der Waals surface area contributed by atoms with Gasteiger partial charge >= 0.3 is 6.18 Å². The van der Waals surface area contributed by atoms with E-state index < -0.39 is 11.9 Å². The largest absolute Gasteiger partial charge is 0.434 e. The topological polar surface area (TPSA) is 17.8 Å². The van der Waals surface area contributed by atoms with Crippen LogP contribution in [0.4, 0.5) is 13.2 Å². The van der Waals surface area contributed by atoms with E-state index in [1.165, 1.54) is 0 Å². The van der Waals surface area contributed by atoms with Crippen molar-refractivity contribution in [1.82, 2.24) is 9.55 Å². The Morgan fingerprint density at radius 3 is 2.82 bits per heavy atom. The van der Waals surface area contributed by atoms with Crippen molar-refractivity contribution in [2.75, 3.05) is 0 Å². The summed E-state index contributed by atoms with van der Waals surface area (Å²) in [6, 6.07) is 0. The minimum Gasteiger partial charge on any atom is -0.334 e. The van der Waals surface area contributed by atoms with Crippen molar-refractivity contribution in [2.45, 2.75) is 45.8 Å². The van der Waals surface area contributed by atoms with E-state index in [4.69, 9.17) is 0 Å². The Morgan fingerprint density at radius 2 is 2.24 bits per heavy atom. The molecular weight excluding hydrogens is 229 g/mol. The van der Waals surface area contributed by atoms with Gasteiger partial charge in [0.25, 0.3) is 0 Å². The molecule has 0 aromatic carbocycles. The number of nitrogens with zero attached hydrogens (tertiary/aromatic N) is 2. The van der Waals surface area contributed by atoms with E-state index >= 15 is 0 Å². The van der Waals surface area contributed by atoms with Crippen LogP contribution in [0, 0.1) is 11.8 Å². The average molecular weight is 246 g/mol. The molecule has 0 saturated heterocycles. The molecule has 0 fully saturated rings. The molecule has 1 aliphatic rings. The lowest BCUT2D eigenvalue weighted by molar-refractivity contribution is -0.141. The monoisotopic (exact) mass is 246 g/mol. The van der Waals surface area contributed by atoms with Gasteiger partial charge in [-0.25, -0.2) is 4.98 Å². The number of fused-ring (bicyclic) bond motifs is 1. The predicted octanol–water partition coefficient (Wildman–Crippen LogP) is 3.51. The van der Waals surface area contributed by atoms with E-state index in [0.29, 0.717) is 30.6 Å². The maximum Gasteiger partial charge on any atom is 0.434 e. The summed E-state index contributed by atoms with van der Waals surface area (Å²) in [4.78, 5) is 3.73. The van der Waals surface area contributed by atoms with E-state index in [1.807, 2.05) is 0 Å². The van der Waals surface area contributed by atoms with E-state index in [0.717, 1.165) is 19.0 Å². The first-order valence-corrected chi connectivity index (χ1v) is 6.05. The van der Waals surface area contributed by atoms with Gasteiger partial charge in [0.2, 0.25) is 0 Å². The third-order valence-corrected chi connectivity index (χ3v) is 3.78. The lowest BCUT2D eigenvalue weighted by atomic mass is 9.84. The van der Waals surface area contributed by atoms with E-state index in [-0.39, 0.29) is 0 Å². The minimum absolute atomic E-state index is 0.469. The van der Waals surface area contributed by atoms with Crippen LogP contribution >= 0.6 is 0 Å². The van der Waals surface area contributed by atoms with Gasteiger partial charge in [-0.05, 0) is 18.3 Å². The molecule has 17 heavy (non-hydrogen) atoms. The van der Waals surface area contributed by atoms with Crippen molar-refractivity contribution < 1.29 is 13.2 Å². The fraction of sp³-hybridized carbons (Fsp3) is 0.750. The van der Waals surface area contributed by atoms with Crippen LogP contribution < -0.4 is 0 Å². The first kappa shape index (κ1) is 12.5. The zero-order valence-electron chi connectivity index (χ0n) is 10.1. The molecule has 2 heterocycles. The van der Waals surface area contributed by atoms with Gasteiger partial charge in [0, 0.05) is 19.2 Å². The summed E-state index contributed by atoms with van der Waals surface area (Å²) in [6.45, 7) is 4.94. The van der Waals surface area contributed by atoms with Crippen LogP contribution in [0.5, 0.6) is 0 Å². The molecule has 0 amide bonds. The van der Waals surface area contributed by atoms with Crippen LogP contribution in [0.1, 0.15) is 38.2 Å². The third-order valence-electron chi connectivity index (χ3n) is 3.78. The summed E-state index contributed by atoms with van der Waals surface area (Å²) in [6.07, 6.45) is -0.489. The number of halogens is 3. The molecule has 2 atom stereocenters. The van der Waals surface area contributed by atoms with Crippen LogP contribution in [-0.4, -0.2) is 9.55 Å². The van der Waals surface area contributed by atoms with Crippen molar-refractivity contribution in [3.63, 3.8) is 0 Å². The van der Waals surface area contributed by atoms with Crippen LogP contribution in [0.3, 0.4) is 0 Å². The Labute approximate surface area is 98.8 Å². The maximum absolute atomic E-state index is 12.5. The molecule has 2 unspecified atom stereocenters. The highest BCUT2D eigenvalue weighted by atomic mass is 19.4. The highest BCUT2D eigenvalue weighted by Gasteiger charge is 2.36. The summed E-state index contributed by atoms with van der Waals surface area (Å²) in [5.74, 6) is 1.61. The Hall–Kier alpha value is -1.00. The van der Waals surface area contributed by atoms with Crippen molar-refractivity contribution in [3.05, 3.63) is 17.7 Å². The average Bonchev–Trinajstić information content (AvgIpc) is 2.70. The summed E-state index contributed by atoms with van der Waals surface area (Å²) in [5, 5.41) is 0. The Kier molecular flexibility index (Phi) is 3.19. The van der Waals surface area contributed by atoms with Gasteiger partial charge in [0.1, 0.15) is 5.82 Å². The molecular formula is C12H17F3N2. The van der Waals surface area contributed by atoms with Crippen LogP contribution in [0.25, 0.3) is 0 Å². The number of alkyl halides is 3. The summed E-state index contributed by atoms with van der Waals surface area (Å²) in [5.41, 5.74) is -0.752. The Balaban J connectivity index is 2.19. The molecule has 0 saturated carbocycles. The first-order chi connectivity index (χ1) is 7.91. The lowest BCUT2D eigenvalue weighted by Crippen LogP contribution is -2.23. The zero-order chi connectivity index (χ0) is 12.6. The SMILES string of the molecule is CCC(C)C1CCn2cc(C(F)(F)F)nc2C1. The molecule has 1 aliphatic heterocycles. The van der Waals surface area contributed by atoms with Crippen molar-refractivity contribution in [1.29, 1.82) is 0 Å². The van der Waals surface area contributed by atoms with Crippen molar-refractivity contribution in [2.24, 2.45) is 11.8 Å². The fourth-order valence-electron chi connectivity index (χ4n) is 2.41.